The van der Waals surface area contributed by atoms with Crippen LogP contribution in [0, 0.1) is 0 Å². The van der Waals surface area contributed by atoms with Gasteiger partial charge in [-0.1, -0.05) is 35.6 Å². The lowest BCUT2D eigenvalue weighted by Crippen LogP contribution is -2.50. The first-order valence-electron chi connectivity index (χ1n) is 6.33. The molecule has 0 fully saturated rings. The van der Waals surface area contributed by atoms with Gasteiger partial charge in [-0.25, -0.2) is 0 Å². The monoisotopic (exact) mass is 228 g/mol. The van der Waals surface area contributed by atoms with Crippen LogP contribution in [0.1, 0.15) is 5.56 Å². The molecule has 0 bridgehead atoms. The van der Waals surface area contributed by atoms with Gasteiger partial charge in [0.25, 0.3) is 0 Å². The van der Waals surface area contributed by atoms with Crippen LogP contribution in [0.4, 0.5) is 0 Å². The van der Waals surface area contributed by atoms with Crippen LogP contribution in [0.5, 0.6) is 0 Å². The molecule has 0 aliphatic carbocycles. The van der Waals surface area contributed by atoms with E-state index in [9.17, 15) is 0 Å². The highest BCUT2D eigenvalue weighted by molar-refractivity contribution is 6.59. The van der Waals surface area contributed by atoms with Gasteiger partial charge in [0.05, 0.1) is 0 Å². The summed E-state index contributed by atoms with van der Waals surface area (Å²) in [5, 5.41) is 0.258. The summed E-state index contributed by atoms with van der Waals surface area (Å²) in [5.41, 5.74) is 1.38. The molecule has 1 aromatic carbocycles. The second kappa shape index (κ2) is 6.32. The van der Waals surface area contributed by atoms with Gasteiger partial charge in [-0.15, -0.1) is 0 Å². The molecule has 0 saturated carbocycles. The van der Waals surface area contributed by atoms with Crippen LogP contribution >= 0.6 is 0 Å². The van der Waals surface area contributed by atoms with E-state index in [0.717, 1.165) is 19.6 Å². The Hall–Kier alpha value is -0.665. The second-order valence-electron chi connectivity index (χ2n) is 5.82. The molecule has 0 atom stereocenters. The third-order valence-corrected chi connectivity index (χ3v) is 3.26. The minimum absolute atomic E-state index is 0.258. The Kier molecular flexibility index (Phi) is 5.35. The number of nitrogens with zero attached hydrogens (tertiary/aromatic N) is 2. The lowest BCUT2D eigenvalue weighted by molar-refractivity contribution is 0.251. The first-order valence-corrected chi connectivity index (χ1v) is 6.33. The predicted octanol–water partition coefficient (Wildman–Crippen LogP) is -1.44. The molecule has 0 N–H and O–H groups in total. The lowest BCUT2D eigenvalue weighted by atomic mass is 9.48. The number of hydrogen-bond acceptors (Lipinski definition) is 2. The maximum Gasteiger partial charge on any atom is 0.107 e. The highest BCUT2D eigenvalue weighted by Gasteiger charge is 2.16. The summed E-state index contributed by atoms with van der Waals surface area (Å²) in [6, 6.07) is 10.6. The first-order chi connectivity index (χ1) is 7.89. The molecule has 2 nitrogen and oxygen atoms in total. The molecule has 0 heterocycles. The van der Waals surface area contributed by atoms with E-state index in [1.807, 2.05) is 0 Å². The van der Waals surface area contributed by atoms with Gasteiger partial charge >= 0.3 is 0 Å². The first kappa shape index (κ1) is 14.4. The van der Waals surface area contributed by atoms with Gasteiger partial charge in [0.2, 0.25) is 0 Å². The summed E-state index contributed by atoms with van der Waals surface area (Å²) in [6.07, 6.45) is 0. The molecule has 0 unspecified atom stereocenters. The van der Waals surface area contributed by atoms with Crippen LogP contribution in [-0.2, 0) is 6.54 Å². The topological polar surface area (TPSA) is 6.48 Å². The van der Waals surface area contributed by atoms with Crippen molar-refractivity contribution in [3.63, 3.8) is 0 Å². The van der Waals surface area contributed by atoms with Crippen molar-refractivity contribution in [2.45, 2.75) is 11.8 Å². The number of likely N-dealkylation sites (N-methyl/N-ethyl adjacent to an activating group) is 2. The highest BCUT2D eigenvalue weighted by Crippen LogP contribution is 2.03. The molecular formula is C12H23B3N2. The zero-order chi connectivity index (χ0) is 12.9. The Morgan fingerprint density at radius 1 is 1.00 bits per heavy atom. The number of rotatable bonds is 6. The van der Waals surface area contributed by atoms with E-state index in [0.29, 0.717) is 0 Å². The van der Waals surface area contributed by atoms with Crippen molar-refractivity contribution in [1.29, 1.82) is 0 Å². The predicted molar refractivity (Wildman–Crippen MR) is 83.8 cm³/mol. The summed E-state index contributed by atoms with van der Waals surface area (Å²) in [6.45, 7) is 3.23. The molecular weight excluding hydrogens is 205 g/mol. The molecule has 1 aromatic rings. The fourth-order valence-electron chi connectivity index (χ4n) is 1.63. The Bertz CT molecular complexity index is 324. The van der Waals surface area contributed by atoms with Gasteiger partial charge in [0.1, 0.15) is 23.5 Å². The van der Waals surface area contributed by atoms with Crippen LogP contribution in [0.2, 0.25) is 0 Å². The molecule has 90 valence electrons. The van der Waals surface area contributed by atoms with E-state index in [2.05, 4.69) is 77.8 Å². The molecule has 0 aliphatic rings. The van der Waals surface area contributed by atoms with Crippen molar-refractivity contribution in [1.82, 2.24) is 9.80 Å². The fourth-order valence-corrected chi connectivity index (χ4v) is 1.63. The summed E-state index contributed by atoms with van der Waals surface area (Å²) in [7, 11) is 11.1. The molecule has 0 aromatic heterocycles. The standard InChI is InChI=1S/C12H23B3N2/c1-16(8-9-17(2)12(13,14)15)10-11-6-4-3-5-7-11/h3-7H,8-10,13-15H2,1-2H3. The largest absolute Gasteiger partial charge is 0.322 e. The zero-order valence-electron chi connectivity index (χ0n) is 11.9. The van der Waals surface area contributed by atoms with Gasteiger partial charge in [-0.05, 0) is 19.7 Å². The Morgan fingerprint density at radius 3 is 2.12 bits per heavy atom. The summed E-state index contributed by atoms with van der Waals surface area (Å²) < 4.78 is 0. The molecule has 5 heteroatoms. The molecule has 0 saturated heterocycles. The Morgan fingerprint density at radius 2 is 1.59 bits per heavy atom. The lowest BCUT2D eigenvalue weighted by Gasteiger charge is -2.33. The average Bonchev–Trinajstić information content (AvgIpc) is 2.26. The van der Waals surface area contributed by atoms with Crippen LogP contribution < -0.4 is 0 Å². The SMILES string of the molecule is BC(B)(B)N(C)CCN(C)Cc1ccccc1. The average molecular weight is 228 g/mol. The molecule has 0 radical (unpaired) electrons. The van der Waals surface area contributed by atoms with E-state index in [4.69, 9.17) is 0 Å². The normalized spacial score (nSPS) is 12.2. The number of hydrogen-bond donors (Lipinski definition) is 0. The van der Waals surface area contributed by atoms with Crippen LogP contribution in [-0.4, -0.2) is 65.8 Å². The summed E-state index contributed by atoms with van der Waals surface area (Å²) >= 11 is 0. The van der Waals surface area contributed by atoms with E-state index >= 15 is 0 Å². The van der Waals surface area contributed by atoms with Crippen LogP contribution in [0.3, 0.4) is 0 Å². The molecule has 0 spiro atoms. The molecule has 0 amide bonds. The zero-order valence-corrected chi connectivity index (χ0v) is 11.9. The highest BCUT2D eigenvalue weighted by atomic mass is 15.2. The van der Waals surface area contributed by atoms with Crippen molar-refractivity contribution in [3.8, 4) is 0 Å². The maximum atomic E-state index is 2.40. The van der Waals surface area contributed by atoms with E-state index < -0.39 is 0 Å². The van der Waals surface area contributed by atoms with Crippen LogP contribution in [0.25, 0.3) is 0 Å². The van der Waals surface area contributed by atoms with E-state index in [-0.39, 0.29) is 5.24 Å². The van der Waals surface area contributed by atoms with Crippen molar-refractivity contribution in [3.05, 3.63) is 35.9 Å². The fraction of sp³-hybridized carbons (Fsp3) is 0.500. The van der Waals surface area contributed by atoms with Crippen molar-refractivity contribution in [2.24, 2.45) is 0 Å². The van der Waals surface area contributed by atoms with Gasteiger partial charge in [0.15, 0.2) is 0 Å². The molecule has 0 aliphatic heterocycles. The van der Waals surface area contributed by atoms with E-state index in [1.165, 1.54) is 5.56 Å². The maximum absolute atomic E-state index is 2.40. The van der Waals surface area contributed by atoms with Gasteiger partial charge in [-0.2, -0.15) is 0 Å². The van der Waals surface area contributed by atoms with Crippen molar-refractivity contribution < 1.29 is 0 Å². The van der Waals surface area contributed by atoms with Crippen molar-refractivity contribution >= 4 is 23.5 Å². The third-order valence-electron chi connectivity index (χ3n) is 3.26. The second-order valence-corrected chi connectivity index (χ2v) is 5.82. The van der Waals surface area contributed by atoms with Crippen LogP contribution in [0.15, 0.2) is 30.3 Å². The van der Waals surface area contributed by atoms with Gasteiger partial charge in [-0.3, -0.25) is 0 Å². The van der Waals surface area contributed by atoms with E-state index in [1.54, 1.807) is 0 Å². The molecule has 17 heavy (non-hydrogen) atoms. The van der Waals surface area contributed by atoms with Gasteiger partial charge < -0.3 is 9.80 Å². The van der Waals surface area contributed by atoms with Crippen molar-refractivity contribution in [2.75, 3.05) is 27.2 Å². The summed E-state index contributed by atoms with van der Waals surface area (Å²) in [4.78, 5) is 4.77. The quantitative estimate of drug-likeness (QED) is 0.550. The number of benzene rings is 1. The van der Waals surface area contributed by atoms with Gasteiger partial charge in [0, 0.05) is 19.6 Å². The Labute approximate surface area is 109 Å². The summed E-state index contributed by atoms with van der Waals surface area (Å²) in [5.74, 6) is 0. The third kappa shape index (κ3) is 5.47. The minimum Gasteiger partial charge on any atom is -0.322 e. The smallest absolute Gasteiger partial charge is 0.107 e. The Balaban J connectivity index is 2.33. The molecule has 1 rings (SSSR count). The minimum atomic E-state index is 0.258.